The fourth-order valence-electron chi connectivity index (χ4n) is 6.16. The van der Waals surface area contributed by atoms with Gasteiger partial charge in [0.25, 0.3) is 0 Å². The molecular weight excluding hydrogens is 284 g/mol. The minimum Gasteiger partial charge on any atom is -0.377 e. The first-order chi connectivity index (χ1) is 10.9. The van der Waals surface area contributed by atoms with Gasteiger partial charge >= 0.3 is 0 Å². The molecule has 2 fully saturated rings. The smallest absolute Gasteiger partial charge is 0.156 e. The molecule has 2 heteroatoms. The first-order valence-corrected chi connectivity index (χ1v) is 9.05. The molecule has 0 aliphatic heterocycles. The highest BCUT2D eigenvalue weighted by Gasteiger charge is 2.61. The number of ketones is 1. The monoisotopic (exact) mass is 310 g/mol. The zero-order valence-electron chi connectivity index (χ0n) is 14.2. The predicted octanol–water partition coefficient (Wildman–Crippen LogP) is 3.80. The lowest BCUT2D eigenvalue weighted by Crippen LogP contribution is -2.50. The van der Waals surface area contributed by atoms with Crippen molar-refractivity contribution in [3.8, 4) is 12.3 Å². The molecule has 23 heavy (non-hydrogen) atoms. The molecule has 2 saturated carbocycles. The summed E-state index contributed by atoms with van der Waals surface area (Å²) in [7, 11) is 0. The number of hydrogen-bond acceptors (Lipinski definition) is 2. The van der Waals surface area contributed by atoms with Crippen LogP contribution < -0.4 is 0 Å². The molecule has 0 amide bonds. The van der Waals surface area contributed by atoms with Crippen molar-refractivity contribution >= 4 is 5.78 Å². The lowest BCUT2D eigenvalue weighted by atomic mass is 9.53. The second kappa shape index (κ2) is 4.84. The Balaban J connectivity index is 1.80. The Hall–Kier alpha value is -1.33. The molecule has 4 rings (SSSR count). The summed E-state index contributed by atoms with van der Waals surface area (Å²) in [6.45, 7) is 4.54. The molecule has 0 aromatic carbocycles. The minimum absolute atomic E-state index is 0.156. The summed E-state index contributed by atoms with van der Waals surface area (Å²) < 4.78 is 0. The topological polar surface area (TPSA) is 37.3 Å². The maximum Gasteiger partial charge on any atom is 0.156 e. The lowest BCUT2D eigenvalue weighted by Gasteiger charge is -2.52. The first-order valence-electron chi connectivity index (χ1n) is 9.05. The molecule has 0 saturated heterocycles. The molecule has 0 aromatic rings. The summed E-state index contributed by atoms with van der Waals surface area (Å²) in [6.07, 6.45) is 14.0. The number of terminal acetylenes is 1. The summed E-state index contributed by atoms with van der Waals surface area (Å²) in [5, 5.41) is 11.0. The van der Waals surface area contributed by atoms with E-state index in [0.717, 1.165) is 38.5 Å². The van der Waals surface area contributed by atoms with Crippen LogP contribution in [-0.4, -0.2) is 16.5 Å². The number of carbonyl (C=O) groups excluding carboxylic acids is 1. The van der Waals surface area contributed by atoms with Crippen LogP contribution in [0.4, 0.5) is 0 Å². The standard InChI is InChI=1S/C21H26O2/c1-4-21(23)10-8-18-19-13(2)11-14-12-15(22)5-6-16(14)17(19)7-9-20(18,21)3/h1,12-13,18-19,23H,5-11H2,2-3H3/t13-,18?,19?,20?,21+/m1/s1. The third kappa shape index (κ3) is 1.89. The average molecular weight is 310 g/mol. The van der Waals surface area contributed by atoms with Crippen LogP contribution >= 0.6 is 0 Å². The van der Waals surface area contributed by atoms with Crippen molar-refractivity contribution < 1.29 is 9.90 Å². The molecule has 3 unspecified atom stereocenters. The average Bonchev–Trinajstić information content (AvgIpc) is 2.79. The van der Waals surface area contributed by atoms with Crippen LogP contribution in [0, 0.1) is 35.5 Å². The predicted molar refractivity (Wildman–Crippen MR) is 90.5 cm³/mol. The van der Waals surface area contributed by atoms with E-state index in [-0.39, 0.29) is 5.41 Å². The fraction of sp³-hybridized carbons (Fsp3) is 0.667. The molecule has 4 aliphatic rings. The minimum atomic E-state index is -0.938. The Morgan fingerprint density at radius 1 is 1.30 bits per heavy atom. The van der Waals surface area contributed by atoms with E-state index in [9.17, 15) is 9.90 Å². The van der Waals surface area contributed by atoms with Crippen LogP contribution in [0.3, 0.4) is 0 Å². The molecular formula is C21H26O2. The van der Waals surface area contributed by atoms with Crippen LogP contribution in [0.25, 0.3) is 0 Å². The fourth-order valence-corrected chi connectivity index (χ4v) is 6.16. The third-order valence-corrected chi connectivity index (χ3v) is 7.46. The highest BCUT2D eigenvalue weighted by atomic mass is 16.3. The maximum atomic E-state index is 11.8. The number of allylic oxidation sites excluding steroid dienone is 4. The van der Waals surface area contributed by atoms with Crippen molar-refractivity contribution in [2.45, 2.75) is 64.4 Å². The Morgan fingerprint density at radius 2 is 2.09 bits per heavy atom. The van der Waals surface area contributed by atoms with Crippen molar-refractivity contribution in [3.63, 3.8) is 0 Å². The van der Waals surface area contributed by atoms with Crippen LogP contribution in [0.15, 0.2) is 22.8 Å². The van der Waals surface area contributed by atoms with Gasteiger partial charge in [0.1, 0.15) is 5.60 Å². The summed E-state index contributed by atoms with van der Waals surface area (Å²) in [5.74, 6) is 4.58. The van der Waals surface area contributed by atoms with Crippen molar-refractivity contribution in [2.75, 3.05) is 0 Å². The van der Waals surface area contributed by atoms with Gasteiger partial charge in [0.15, 0.2) is 5.78 Å². The summed E-state index contributed by atoms with van der Waals surface area (Å²) in [5.41, 5.74) is 3.27. The highest BCUT2D eigenvalue weighted by molar-refractivity contribution is 5.93. The van der Waals surface area contributed by atoms with Gasteiger partial charge in [0, 0.05) is 11.8 Å². The van der Waals surface area contributed by atoms with Gasteiger partial charge in [-0.25, -0.2) is 0 Å². The molecule has 0 spiro atoms. The van der Waals surface area contributed by atoms with E-state index in [4.69, 9.17) is 6.42 Å². The Bertz CT molecular complexity index is 676. The van der Waals surface area contributed by atoms with E-state index < -0.39 is 5.60 Å². The molecule has 0 heterocycles. The quantitative estimate of drug-likeness (QED) is 0.691. The number of fused-ring (bicyclic) bond motifs is 4. The molecule has 4 aliphatic carbocycles. The van der Waals surface area contributed by atoms with Crippen LogP contribution in [-0.2, 0) is 4.79 Å². The van der Waals surface area contributed by atoms with Crippen molar-refractivity contribution in [2.24, 2.45) is 23.2 Å². The summed E-state index contributed by atoms with van der Waals surface area (Å²) in [4.78, 5) is 11.8. The number of rotatable bonds is 0. The molecule has 0 aromatic heterocycles. The molecule has 2 nitrogen and oxygen atoms in total. The maximum absolute atomic E-state index is 11.8. The Kier molecular flexibility index (Phi) is 3.20. The van der Waals surface area contributed by atoms with E-state index in [2.05, 4.69) is 19.8 Å². The Morgan fingerprint density at radius 3 is 2.83 bits per heavy atom. The van der Waals surface area contributed by atoms with Crippen LogP contribution in [0.5, 0.6) is 0 Å². The van der Waals surface area contributed by atoms with Gasteiger partial charge in [-0.05, 0) is 73.5 Å². The van der Waals surface area contributed by atoms with Gasteiger partial charge in [-0.1, -0.05) is 25.3 Å². The second-order valence-electron chi connectivity index (χ2n) is 8.41. The van der Waals surface area contributed by atoms with E-state index in [1.54, 1.807) is 5.57 Å². The molecule has 1 N–H and O–H groups in total. The zero-order chi connectivity index (χ0) is 16.4. The van der Waals surface area contributed by atoms with Gasteiger partial charge in [0.2, 0.25) is 0 Å². The third-order valence-electron chi connectivity index (χ3n) is 7.46. The number of aliphatic hydroxyl groups is 1. The number of hydrogen-bond donors (Lipinski definition) is 1. The van der Waals surface area contributed by atoms with E-state index in [1.807, 2.05) is 6.08 Å². The molecule has 0 bridgehead atoms. The summed E-state index contributed by atoms with van der Waals surface area (Å²) in [6, 6.07) is 0. The summed E-state index contributed by atoms with van der Waals surface area (Å²) >= 11 is 0. The SMILES string of the molecule is C#C[C@]1(O)CCC2C3C(=C4CCC(=O)C=C4C[C@H]3C)CCC21C. The van der Waals surface area contributed by atoms with Gasteiger partial charge in [0.05, 0.1) is 0 Å². The highest BCUT2D eigenvalue weighted by Crippen LogP contribution is 2.64. The molecule has 122 valence electrons. The van der Waals surface area contributed by atoms with Crippen LogP contribution in [0.1, 0.15) is 58.8 Å². The van der Waals surface area contributed by atoms with E-state index >= 15 is 0 Å². The van der Waals surface area contributed by atoms with Crippen LogP contribution in [0.2, 0.25) is 0 Å². The first kappa shape index (κ1) is 15.2. The molecule has 0 radical (unpaired) electrons. The van der Waals surface area contributed by atoms with Gasteiger partial charge in [-0.2, -0.15) is 0 Å². The van der Waals surface area contributed by atoms with Gasteiger partial charge < -0.3 is 5.11 Å². The normalized spacial score (nSPS) is 45.7. The zero-order valence-corrected chi connectivity index (χ0v) is 14.2. The van der Waals surface area contributed by atoms with Gasteiger partial charge in [-0.3, -0.25) is 4.79 Å². The Labute approximate surface area is 139 Å². The lowest BCUT2D eigenvalue weighted by molar-refractivity contribution is -0.114. The number of carbonyl (C=O) groups is 1. The van der Waals surface area contributed by atoms with Crippen molar-refractivity contribution in [1.82, 2.24) is 0 Å². The largest absolute Gasteiger partial charge is 0.377 e. The van der Waals surface area contributed by atoms with E-state index in [0.29, 0.717) is 30.0 Å². The van der Waals surface area contributed by atoms with Gasteiger partial charge in [-0.15, -0.1) is 6.42 Å². The van der Waals surface area contributed by atoms with E-state index in [1.165, 1.54) is 11.1 Å². The van der Waals surface area contributed by atoms with Crippen molar-refractivity contribution in [3.05, 3.63) is 22.8 Å². The van der Waals surface area contributed by atoms with Crippen molar-refractivity contribution in [1.29, 1.82) is 0 Å². The molecule has 5 atom stereocenters. The second-order valence-corrected chi connectivity index (χ2v) is 8.41.